The molecule has 1 aromatic carbocycles. The van der Waals surface area contributed by atoms with Gasteiger partial charge in [-0.05, 0) is 67.0 Å². The van der Waals surface area contributed by atoms with Crippen molar-refractivity contribution in [1.82, 2.24) is 9.69 Å². The monoisotopic (exact) mass is 529 g/mol. The van der Waals surface area contributed by atoms with Crippen LogP contribution >= 0.6 is 22.9 Å². The van der Waals surface area contributed by atoms with E-state index in [2.05, 4.69) is 9.69 Å². The van der Waals surface area contributed by atoms with Crippen LogP contribution in [-0.4, -0.2) is 48.0 Å². The second-order valence-electron chi connectivity index (χ2n) is 8.04. The van der Waals surface area contributed by atoms with Crippen molar-refractivity contribution in [2.75, 3.05) is 30.4 Å². The molecule has 3 aromatic rings. The number of benzene rings is 1. The molecular formula is C24H27N5O5S2. The SMILES string of the molecule is CCOc1ccc(N(C(=O)c2snc(C(N)=O)c2N)[C@H](C(=O)NC[C@H]2CCCO2)c2cccs2)cc1. The molecule has 0 saturated carbocycles. The normalized spacial score (nSPS) is 15.9. The lowest BCUT2D eigenvalue weighted by atomic mass is 10.1. The van der Waals surface area contributed by atoms with Crippen LogP contribution in [0.2, 0.25) is 0 Å². The average molecular weight is 530 g/mol. The van der Waals surface area contributed by atoms with Crippen molar-refractivity contribution in [1.29, 1.82) is 0 Å². The van der Waals surface area contributed by atoms with E-state index in [0.717, 1.165) is 24.4 Å². The number of carbonyl (C=O) groups excluding carboxylic acids is 3. The molecule has 0 bridgehead atoms. The average Bonchev–Trinajstić information content (AvgIpc) is 3.64. The van der Waals surface area contributed by atoms with Crippen LogP contribution in [0.5, 0.6) is 5.75 Å². The number of hydrogen-bond acceptors (Lipinski definition) is 9. The van der Waals surface area contributed by atoms with Gasteiger partial charge in [-0.25, -0.2) is 0 Å². The molecule has 5 N–H and O–H groups in total. The summed E-state index contributed by atoms with van der Waals surface area (Å²) < 4.78 is 15.1. The summed E-state index contributed by atoms with van der Waals surface area (Å²) >= 11 is 2.12. The first-order chi connectivity index (χ1) is 17.4. The van der Waals surface area contributed by atoms with E-state index in [1.807, 2.05) is 18.4 Å². The lowest BCUT2D eigenvalue weighted by Crippen LogP contribution is -2.45. The third-order valence-corrected chi connectivity index (χ3v) is 7.42. The standard InChI is InChI=1S/C24H27N5O5S2/c1-2-33-15-9-7-14(8-10-15)29(24(32)21-18(25)19(22(26)30)28-36-21)20(17-6-4-12-35-17)23(31)27-13-16-5-3-11-34-16/h4,6-10,12,16,20H,2-3,5,11,13,25H2,1H3,(H2,26,30)(H,27,31)/t16-,20+/m1/s1. The minimum absolute atomic E-state index is 0.0196. The molecule has 2 atom stereocenters. The Morgan fingerprint density at radius 3 is 2.64 bits per heavy atom. The number of anilines is 2. The van der Waals surface area contributed by atoms with Crippen LogP contribution in [0.1, 0.15) is 50.8 Å². The van der Waals surface area contributed by atoms with Gasteiger partial charge in [0.25, 0.3) is 11.8 Å². The molecule has 3 heterocycles. The molecule has 0 radical (unpaired) electrons. The van der Waals surface area contributed by atoms with Crippen molar-refractivity contribution in [3.8, 4) is 5.75 Å². The van der Waals surface area contributed by atoms with Crippen molar-refractivity contribution < 1.29 is 23.9 Å². The zero-order chi connectivity index (χ0) is 25.7. The van der Waals surface area contributed by atoms with Crippen LogP contribution in [0.4, 0.5) is 11.4 Å². The number of amides is 3. The van der Waals surface area contributed by atoms with Gasteiger partial charge in [-0.15, -0.1) is 11.3 Å². The van der Waals surface area contributed by atoms with Crippen LogP contribution in [0.3, 0.4) is 0 Å². The molecule has 1 saturated heterocycles. The molecule has 1 aliphatic rings. The minimum Gasteiger partial charge on any atom is -0.494 e. The van der Waals surface area contributed by atoms with Gasteiger partial charge in [0, 0.05) is 23.7 Å². The number of ether oxygens (including phenoxy) is 2. The Bertz CT molecular complexity index is 1210. The van der Waals surface area contributed by atoms with Crippen LogP contribution in [0.25, 0.3) is 0 Å². The maximum Gasteiger partial charge on any atom is 0.273 e. The number of nitrogens with one attached hydrogen (secondary N) is 1. The number of carbonyl (C=O) groups is 3. The van der Waals surface area contributed by atoms with Crippen molar-refractivity contribution in [3.05, 3.63) is 57.2 Å². The van der Waals surface area contributed by atoms with E-state index < -0.39 is 17.9 Å². The molecule has 12 heteroatoms. The quantitative estimate of drug-likeness (QED) is 0.365. The predicted molar refractivity (Wildman–Crippen MR) is 139 cm³/mol. The van der Waals surface area contributed by atoms with Gasteiger partial charge in [-0.1, -0.05) is 6.07 Å². The molecule has 36 heavy (non-hydrogen) atoms. The van der Waals surface area contributed by atoms with Gasteiger partial charge in [0.05, 0.1) is 18.4 Å². The Balaban J connectivity index is 1.75. The Hall–Kier alpha value is -3.48. The molecule has 1 aliphatic heterocycles. The first-order valence-corrected chi connectivity index (χ1v) is 13.1. The minimum atomic E-state index is -1.00. The fourth-order valence-corrected chi connectivity index (χ4v) is 5.48. The smallest absolute Gasteiger partial charge is 0.273 e. The van der Waals surface area contributed by atoms with Gasteiger partial charge < -0.3 is 26.3 Å². The van der Waals surface area contributed by atoms with Gasteiger partial charge in [-0.2, -0.15) is 4.37 Å². The summed E-state index contributed by atoms with van der Waals surface area (Å²) in [7, 11) is 0. The number of nitrogens with zero attached hydrogens (tertiary/aromatic N) is 2. The molecule has 4 rings (SSSR count). The number of thiophene rings is 1. The lowest BCUT2D eigenvalue weighted by molar-refractivity contribution is -0.122. The van der Waals surface area contributed by atoms with Crippen molar-refractivity contribution in [3.63, 3.8) is 0 Å². The van der Waals surface area contributed by atoms with E-state index in [1.165, 1.54) is 16.2 Å². The topological polar surface area (TPSA) is 150 Å². The number of nitrogens with two attached hydrogens (primary N) is 2. The summed E-state index contributed by atoms with van der Waals surface area (Å²) in [5, 5.41) is 4.78. The van der Waals surface area contributed by atoms with Gasteiger partial charge in [0.2, 0.25) is 5.91 Å². The van der Waals surface area contributed by atoms with Crippen molar-refractivity contribution in [2.45, 2.75) is 31.9 Å². The highest BCUT2D eigenvalue weighted by Gasteiger charge is 2.37. The zero-order valence-corrected chi connectivity index (χ0v) is 21.3. The molecule has 2 aromatic heterocycles. The number of rotatable bonds is 10. The Kier molecular flexibility index (Phi) is 8.18. The van der Waals surface area contributed by atoms with Gasteiger partial charge in [0.1, 0.15) is 10.6 Å². The van der Waals surface area contributed by atoms with E-state index in [0.29, 0.717) is 36.1 Å². The van der Waals surface area contributed by atoms with Crippen LogP contribution < -0.4 is 26.4 Å². The third kappa shape index (κ3) is 5.50. The molecule has 0 aliphatic carbocycles. The first kappa shape index (κ1) is 25.6. The number of nitrogen functional groups attached to an aromatic ring is 1. The second kappa shape index (κ2) is 11.5. The molecule has 0 unspecified atom stereocenters. The number of primary amides is 1. The summed E-state index contributed by atoms with van der Waals surface area (Å²) in [4.78, 5) is 41.3. The zero-order valence-electron chi connectivity index (χ0n) is 19.6. The summed E-state index contributed by atoms with van der Waals surface area (Å²) in [6.45, 7) is 3.36. The third-order valence-electron chi connectivity index (χ3n) is 5.65. The highest BCUT2D eigenvalue weighted by Crippen LogP contribution is 2.35. The van der Waals surface area contributed by atoms with Crippen LogP contribution in [0.15, 0.2) is 41.8 Å². The summed E-state index contributed by atoms with van der Waals surface area (Å²) in [5.41, 5.74) is 11.6. The van der Waals surface area contributed by atoms with E-state index in [9.17, 15) is 14.4 Å². The number of hydrogen-bond donors (Lipinski definition) is 3. The van der Waals surface area contributed by atoms with E-state index >= 15 is 0 Å². The maximum atomic E-state index is 13.9. The molecule has 1 fully saturated rings. The van der Waals surface area contributed by atoms with Crippen molar-refractivity contribution >= 4 is 52.0 Å². The Morgan fingerprint density at radius 2 is 2.06 bits per heavy atom. The Labute approximate surface area is 216 Å². The summed E-state index contributed by atoms with van der Waals surface area (Å²) in [6.07, 6.45) is 1.74. The Morgan fingerprint density at radius 1 is 1.28 bits per heavy atom. The van der Waals surface area contributed by atoms with Gasteiger partial charge in [-0.3, -0.25) is 19.3 Å². The highest BCUT2D eigenvalue weighted by molar-refractivity contribution is 7.10. The van der Waals surface area contributed by atoms with Gasteiger partial charge in [0.15, 0.2) is 11.7 Å². The largest absolute Gasteiger partial charge is 0.494 e. The lowest BCUT2D eigenvalue weighted by Gasteiger charge is -2.30. The molecule has 190 valence electrons. The van der Waals surface area contributed by atoms with E-state index in [1.54, 1.807) is 30.3 Å². The second-order valence-corrected chi connectivity index (χ2v) is 9.79. The molecule has 0 spiro atoms. The fraction of sp³-hybridized carbons (Fsp3) is 0.333. The molecule has 10 nitrogen and oxygen atoms in total. The number of aromatic nitrogens is 1. The maximum absolute atomic E-state index is 13.9. The highest BCUT2D eigenvalue weighted by atomic mass is 32.1. The van der Waals surface area contributed by atoms with Crippen LogP contribution in [0, 0.1) is 0 Å². The van der Waals surface area contributed by atoms with E-state index in [-0.39, 0.29) is 28.3 Å². The summed E-state index contributed by atoms with van der Waals surface area (Å²) in [5.74, 6) is -1.15. The molecule has 3 amide bonds. The molecular weight excluding hydrogens is 502 g/mol. The fourth-order valence-electron chi connectivity index (χ4n) is 3.93. The van der Waals surface area contributed by atoms with Crippen molar-refractivity contribution in [2.24, 2.45) is 5.73 Å². The first-order valence-electron chi connectivity index (χ1n) is 11.4. The summed E-state index contributed by atoms with van der Waals surface area (Å²) in [6, 6.07) is 9.44. The van der Waals surface area contributed by atoms with Gasteiger partial charge >= 0.3 is 0 Å². The van der Waals surface area contributed by atoms with Crippen LogP contribution in [-0.2, 0) is 9.53 Å². The van der Waals surface area contributed by atoms with E-state index in [4.69, 9.17) is 20.9 Å². The predicted octanol–water partition coefficient (Wildman–Crippen LogP) is 2.97.